The fourth-order valence-electron chi connectivity index (χ4n) is 2.10. The van der Waals surface area contributed by atoms with E-state index in [-0.39, 0.29) is 0 Å². The summed E-state index contributed by atoms with van der Waals surface area (Å²) in [5.41, 5.74) is 0. The van der Waals surface area contributed by atoms with E-state index in [1.54, 1.807) is 0 Å². The fraction of sp³-hybridized carbons (Fsp3) is 0.571. The van der Waals surface area contributed by atoms with Crippen molar-refractivity contribution in [2.24, 2.45) is 0 Å². The number of hydrogen-bond donors (Lipinski definition) is 0. The molecule has 0 unspecified atom stereocenters. The number of hydrogen-bond acceptors (Lipinski definition) is 2. The highest BCUT2D eigenvalue weighted by Gasteiger charge is 2.39. The van der Waals surface area contributed by atoms with Crippen LogP contribution < -0.4 is 5.19 Å². The molecule has 0 N–H and O–H groups in total. The molecule has 0 fully saturated rings. The molecule has 0 aliphatic rings. The minimum absolute atomic E-state index is 0.683. The van der Waals surface area contributed by atoms with Gasteiger partial charge >= 0.3 is 8.56 Å². The zero-order valence-electron chi connectivity index (χ0n) is 11.5. The molecule has 2 nitrogen and oxygen atoms in total. The first-order chi connectivity index (χ1) is 8.68. The smallest absolute Gasteiger partial charge is 0.372 e. The van der Waals surface area contributed by atoms with E-state index >= 15 is 0 Å². The molecular weight excluding hydrogens is 264 g/mol. The van der Waals surface area contributed by atoms with Gasteiger partial charge in [-0.15, -0.1) is 0 Å². The normalized spacial score (nSPS) is 11.8. The van der Waals surface area contributed by atoms with Crippen LogP contribution >= 0.6 is 11.6 Å². The lowest BCUT2D eigenvalue weighted by molar-refractivity contribution is 0.195. The molecule has 0 aromatic heterocycles. The van der Waals surface area contributed by atoms with Crippen molar-refractivity contribution < 1.29 is 8.85 Å². The van der Waals surface area contributed by atoms with Crippen molar-refractivity contribution in [1.82, 2.24) is 0 Å². The fourth-order valence-corrected chi connectivity index (χ4v) is 5.85. The highest BCUT2D eigenvalue weighted by atomic mass is 35.5. The Morgan fingerprint density at radius 3 is 2.28 bits per heavy atom. The maximum absolute atomic E-state index is 6.10. The van der Waals surface area contributed by atoms with Gasteiger partial charge in [-0.1, -0.05) is 43.5 Å². The molecule has 0 atom stereocenters. The Labute approximate surface area is 117 Å². The Bertz CT molecular complexity index is 351. The predicted octanol–water partition coefficient (Wildman–Crippen LogP) is 3.86. The van der Waals surface area contributed by atoms with Crippen LogP contribution in [0.3, 0.4) is 0 Å². The van der Waals surface area contributed by atoms with Crippen molar-refractivity contribution in [3.63, 3.8) is 0 Å². The van der Waals surface area contributed by atoms with Crippen LogP contribution in [0.4, 0.5) is 0 Å². The Morgan fingerprint density at radius 2 is 1.78 bits per heavy atom. The standard InChI is InChI=1S/C14H23ClO2Si/c1-4-7-11-18(16-5-2,17-6-3)14-10-8-9-13(15)12-14/h8-10,12H,4-7,11H2,1-3H3. The average molecular weight is 287 g/mol. The lowest BCUT2D eigenvalue weighted by atomic mass is 10.4. The molecule has 0 spiro atoms. The maximum Gasteiger partial charge on any atom is 0.372 e. The third-order valence-corrected chi connectivity index (χ3v) is 6.83. The van der Waals surface area contributed by atoms with Gasteiger partial charge in [0.2, 0.25) is 0 Å². The van der Waals surface area contributed by atoms with Crippen molar-refractivity contribution in [3.05, 3.63) is 29.3 Å². The molecule has 0 saturated heterocycles. The summed E-state index contributed by atoms with van der Waals surface area (Å²) in [6.45, 7) is 7.61. The van der Waals surface area contributed by atoms with Gasteiger partial charge in [-0.25, -0.2) is 0 Å². The van der Waals surface area contributed by atoms with Gasteiger partial charge in [0.05, 0.1) is 0 Å². The molecule has 0 heterocycles. The minimum atomic E-state index is -2.31. The molecule has 0 radical (unpaired) electrons. The van der Waals surface area contributed by atoms with E-state index in [0.717, 1.165) is 29.1 Å². The molecule has 1 aromatic rings. The molecule has 102 valence electrons. The van der Waals surface area contributed by atoms with Crippen LogP contribution in [0, 0.1) is 0 Å². The molecular formula is C14H23ClO2Si. The third-order valence-electron chi connectivity index (χ3n) is 2.88. The molecule has 0 amide bonds. The van der Waals surface area contributed by atoms with E-state index in [4.69, 9.17) is 20.5 Å². The second-order valence-electron chi connectivity index (χ2n) is 4.23. The molecule has 0 aliphatic heterocycles. The lowest BCUT2D eigenvalue weighted by Gasteiger charge is -2.30. The van der Waals surface area contributed by atoms with Gasteiger partial charge < -0.3 is 8.85 Å². The van der Waals surface area contributed by atoms with E-state index < -0.39 is 8.56 Å². The monoisotopic (exact) mass is 286 g/mol. The second-order valence-corrected chi connectivity index (χ2v) is 7.83. The summed E-state index contributed by atoms with van der Waals surface area (Å²) in [6.07, 6.45) is 2.27. The van der Waals surface area contributed by atoms with Gasteiger partial charge in [0.25, 0.3) is 0 Å². The Morgan fingerprint density at radius 1 is 1.11 bits per heavy atom. The van der Waals surface area contributed by atoms with Crippen LogP contribution in [-0.2, 0) is 8.85 Å². The highest BCUT2D eigenvalue weighted by Crippen LogP contribution is 2.19. The first-order valence-corrected chi connectivity index (χ1v) is 9.12. The molecule has 0 aliphatic carbocycles. The third kappa shape index (κ3) is 4.09. The molecule has 4 heteroatoms. The number of rotatable bonds is 8. The minimum Gasteiger partial charge on any atom is -0.391 e. The summed E-state index contributed by atoms with van der Waals surface area (Å²) < 4.78 is 12.1. The van der Waals surface area contributed by atoms with Gasteiger partial charge in [-0.3, -0.25) is 0 Å². The average Bonchev–Trinajstić information content (AvgIpc) is 2.36. The molecule has 0 saturated carbocycles. The Hall–Kier alpha value is -0.353. The molecule has 1 aromatic carbocycles. The van der Waals surface area contributed by atoms with E-state index in [1.807, 2.05) is 32.0 Å². The Kier molecular flexibility index (Phi) is 6.93. The van der Waals surface area contributed by atoms with Crippen LogP contribution in [0.5, 0.6) is 0 Å². The van der Waals surface area contributed by atoms with Crippen LogP contribution in [0.15, 0.2) is 24.3 Å². The van der Waals surface area contributed by atoms with Crippen molar-refractivity contribution in [1.29, 1.82) is 0 Å². The van der Waals surface area contributed by atoms with Gasteiger partial charge in [-0.05, 0) is 37.2 Å². The summed E-state index contributed by atoms with van der Waals surface area (Å²) in [5, 5.41) is 1.90. The van der Waals surface area contributed by atoms with Crippen LogP contribution in [-0.4, -0.2) is 21.8 Å². The van der Waals surface area contributed by atoms with Gasteiger partial charge in [-0.2, -0.15) is 0 Å². The Balaban J connectivity index is 3.05. The summed E-state index contributed by atoms with van der Waals surface area (Å²) in [6, 6.07) is 8.94. The van der Waals surface area contributed by atoms with E-state index in [0.29, 0.717) is 13.2 Å². The van der Waals surface area contributed by atoms with Gasteiger partial charge in [0, 0.05) is 18.2 Å². The SMILES string of the molecule is CCCC[Si](OCC)(OCC)c1cccc(Cl)c1. The zero-order chi connectivity index (χ0) is 13.4. The van der Waals surface area contributed by atoms with Crippen molar-refractivity contribution in [3.8, 4) is 0 Å². The largest absolute Gasteiger partial charge is 0.391 e. The van der Waals surface area contributed by atoms with Crippen LogP contribution in [0.25, 0.3) is 0 Å². The van der Waals surface area contributed by atoms with Crippen molar-refractivity contribution in [2.75, 3.05) is 13.2 Å². The zero-order valence-corrected chi connectivity index (χ0v) is 13.3. The summed E-state index contributed by atoms with van der Waals surface area (Å²) in [7, 11) is -2.31. The number of unbranched alkanes of at least 4 members (excludes halogenated alkanes) is 1. The van der Waals surface area contributed by atoms with Crippen molar-refractivity contribution in [2.45, 2.75) is 39.7 Å². The predicted molar refractivity (Wildman–Crippen MR) is 79.8 cm³/mol. The number of benzene rings is 1. The van der Waals surface area contributed by atoms with E-state index in [9.17, 15) is 0 Å². The summed E-state index contributed by atoms with van der Waals surface area (Å²) >= 11 is 6.10. The summed E-state index contributed by atoms with van der Waals surface area (Å²) in [5.74, 6) is 0. The molecule has 1 rings (SSSR count). The first-order valence-electron chi connectivity index (χ1n) is 6.72. The van der Waals surface area contributed by atoms with E-state index in [2.05, 4.69) is 13.0 Å². The number of halogens is 1. The lowest BCUT2D eigenvalue weighted by Crippen LogP contribution is -2.53. The molecule has 0 bridgehead atoms. The van der Waals surface area contributed by atoms with Crippen molar-refractivity contribution >= 4 is 25.3 Å². The first kappa shape index (κ1) is 15.7. The van der Waals surface area contributed by atoms with Gasteiger partial charge in [0.1, 0.15) is 0 Å². The summed E-state index contributed by atoms with van der Waals surface area (Å²) in [4.78, 5) is 0. The van der Waals surface area contributed by atoms with Gasteiger partial charge in [0.15, 0.2) is 0 Å². The van der Waals surface area contributed by atoms with Crippen LogP contribution in [0.1, 0.15) is 33.6 Å². The molecule has 18 heavy (non-hydrogen) atoms. The van der Waals surface area contributed by atoms with Crippen LogP contribution in [0.2, 0.25) is 11.1 Å². The van der Waals surface area contributed by atoms with E-state index in [1.165, 1.54) is 0 Å². The highest BCUT2D eigenvalue weighted by molar-refractivity contribution is 6.81. The quantitative estimate of drug-likeness (QED) is 0.676. The second kappa shape index (κ2) is 7.95. The maximum atomic E-state index is 6.10. The topological polar surface area (TPSA) is 18.5 Å².